The Kier molecular flexibility index (Phi) is 7.24. The van der Waals surface area contributed by atoms with Crippen LogP contribution < -0.4 is 10.6 Å². The molecule has 10 heteroatoms. The van der Waals surface area contributed by atoms with Gasteiger partial charge in [-0.1, -0.05) is 48.5 Å². The molecule has 1 unspecified atom stereocenters. The van der Waals surface area contributed by atoms with Crippen LogP contribution in [0, 0.1) is 0 Å². The van der Waals surface area contributed by atoms with Gasteiger partial charge in [-0.15, -0.1) is 11.3 Å². The molecule has 1 atom stereocenters. The molecule has 0 saturated carbocycles. The molecule has 0 fully saturated rings. The number of esters is 1. The maximum atomic E-state index is 13.4. The zero-order valence-electron chi connectivity index (χ0n) is 21.9. The second-order valence-electron chi connectivity index (χ2n) is 10.4. The van der Waals surface area contributed by atoms with Gasteiger partial charge >= 0.3 is 12.1 Å². The molecule has 1 aromatic heterocycles. The van der Waals surface area contributed by atoms with Crippen LogP contribution in [0.25, 0.3) is 0 Å². The summed E-state index contributed by atoms with van der Waals surface area (Å²) in [6, 6.07) is 15.7. The highest BCUT2D eigenvalue weighted by molar-refractivity contribution is 7.17. The van der Waals surface area contributed by atoms with Crippen molar-refractivity contribution in [2.24, 2.45) is 0 Å². The summed E-state index contributed by atoms with van der Waals surface area (Å²) in [6.07, 6.45) is -0.539. The third-order valence-corrected chi connectivity index (χ3v) is 7.57. The second kappa shape index (κ2) is 10.6. The standard InChI is InChI=1S/C29H29N3O6S/c1-29(2,3)38-27(35)23-20-13-21(26(34)32-15-18-11-7-8-12-19(18)25(32)33)30-14-22(20)39-24(23)31-28(36)37-16-17-9-5-4-6-10-17/h4-12,21,30H,13-16H2,1-3H3,(H,31,36). The lowest BCUT2D eigenvalue weighted by molar-refractivity contribution is -0.131. The van der Waals surface area contributed by atoms with E-state index in [0.29, 0.717) is 22.7 Å². The summed E-state index contributed by atoms with van der Waals surface area (Å²) >= 11 is 1.24. The molecule has 2 aliphatic rings. The predicted molar refractivity (Wildman–Crippen MR) is 145 cm³/mol. The van der Waals surface area contributed by atoms with E-state index in [9.17, 15) is 19.2 Å². The number of imide groups is 1. The summed E-state index contributed by atoms with van der Waals surface area (Å²) in [7, 11) is 0. The summed E-state index contributed by atoms with van der Waals surface area (Å²) in [5.74, 6) is -1.29. The molecule has 39 heavy (non-hydrogen) atoms. The first kappa shape index (κ1) is 26.6. The van der Waals surface area contributed by atoms with E-state index in [1.54, 1.807) is 32.9 Å². The monoisotopic (exact) mass is 547 g/mol. The molecule has 2 aliphatic heterocycles. The Labute approximate surface area is 230 Å². The molecule has 3 aromatic rings. The topological polar surface area (TPSA) is 114 Å². The number of ether oxygens (including phenoxy) is 2. The van der Waals surface area contributed by atoms with Crippen LogP contribution in [0.1, 0.15) is 63.1 Å². The van der Waals surface area contributed by atoms with Gasteiger partial charge in [0.15, 0.2) is 0 Å². The van der Waals surface area contributed by atoms with E-state index in [2.05, 4.69) is 10.6 Å². The van der Waals surface area contributed by atoms with Crippen LogP contribution in [0.2, 0.25) is 0 Å². The van der Waals surface area contributed by atoms with Gasteiger partial charge in [0.2, 0.25) is 5.91 Å². The van der Waals surface area contributed by atoms with Crippen molar-refractivity contribution in [3.63, 3.8) is 0 Å². The Morgan fingerprint density at radius 3 is 2.51 bits per heavy atom. The molecule has 0 bridgehead atoms. The number of carbonyl (C=O) groups is 4. The molecule has 3 amide bonds. The molecule has 5 rings (SSSR count). The zero-order chi connectivity index (χ0) is 27.7. The van der Waals surface area contributed by atoms with E-state index in [0.717, 1.165) is 16.0 Å². The lowest BCUT2D eigenvalue weighted by Gasteiger charge is -2.27. The van der Waals surface area contributed by atoms with E-state index in [4.69, 9.17) is 9.47 Å². The van der Waals surface area contributed by atoms with Crippen LogP contribution in [0.5, 0.6) is 0 Å². The molecule has 0 saturated heterocycles. The highest BCUT2D eigenvalue weighted by Gasteiger charge is 2.39. The third-order valence-electron chi connectivity index (χ3n) is 6.42. The van der Waals surface area contributed by atoms with Crippen molar-refractivity contribution in [2.75, 3.05) is 5.32 Å². The number of benzene rings is 2. The van der Waals surface area contributed by atoms with Crippen molar-refractivity contribution in [3.05, 3.63) is 87.3 Å². The van der Waals surface area contributed by atoms with Crippen molar-refractivity contribution < 1.29 is 28.7 Å². The number of rotatable bonds is 5. The number of nitrogens with one attached hydrogen (secondary N) is 2. The maximum absolute atomic E-state index is 13.4. The van der Waals surface area contributed by atoms with Gasteiger partial charge in [0.25, 0.3) is 5.91 Å². The van der Waals surface area contributed by atoms with Crippen LogP contribution in [0.15, 0.2) is 54.6 Å². The summed E-state index contributed by atoms with van der Waals surface area (Å²) < 4.78 is 11.0. The minimum atomic E-state index is -0.771. The fourth-order valence-corrected chi connectivity index (χ4v) is 5.80. The molecule has 2 aromatic carbocycles. The summed E-state index contributed by atoms with van der Waals surface area (Å²) in [6.45, 7) is 5.85. The number of fused-ring (bicyclic) bond motifs is 2. The van der Waals surface area contributed by atoms with Crippen LogP contribution in [-0.2, 0) is 40.4 Å². The zero-order valence-corrected chi connectivity index (χ0v) is 22.7. The molecule has 0 aliphatic carbocycles. The lowest BCUT2D eigenvalue weighted by Crippen LogP contribution is -2.49. The van der Waals surface area contributed by atoms with E-state index in [1.165, 1.54) is 16.2 Å². The predicted octanol–water partition coefficient (Wildman–Crippen LogP) is 4.65. The Bertz CT molecular complexity index is 1440. The Morgan fingerprint density at radius 1 is 1.08 bits per heavy atom. The number of amides is 3. The Balaban J connectivity index is 1.37. The van der Waals surface area contributed by atoms with Gasteiger partial charge in [0.05, 0.1) is 18.2 Å². The van der Waals surface area contributed by atoms with E-state index in [-0.39, 0.29) is 37.0 Å². The van der Waals surface area contributed by atoms with Crippen LogP contribution in [0.3, 0.4) is 0 Å². The molecular weight excluding hydrogens is 518 g/mol. The van der Waals surface area contributed by atoms with E-state index in [1.807, 2.05) is 42.5 Å². The normalized spacial score (nSPS) is 16.3. The summed E-state index contributed by atoms with van der Waals surface area (Å²) in [5.41, 5.74) is 2.21. The second-order valence-corrected chi connectivity index (χ2v) is 11.5. The fraction of sp³-hybridized carbons (Fsp3) is 0.310. The van der Waals surface area contributed by atoms with Gasteiger partial charge in [-0.3, -0.25) is 19.8 Å². The molecule has 2 N–H and O–H groups in total. The number of hydrogen-bond acceptors (Lipinski definition) is 8. The van der Waals surface area contributed by atoms with Gasteiger partial charge < -0.3 is 14.8 Å². The average Bonchev–Trinajstić information content (AvgIpc) is 3.43. The van der Waals surface area contributed by atoms with Crippen molar-refractivity contribution in [1.29, 1.82) is 0 Å². The molecule has 0 radical (unpaired) electrons. The minimum Gasteiger partial charge on any atom is -0.456 e. The van der Waals surface area contributed by atoms with Crippen molar-refractivity contribution in [1.82, 2.24) is 10.2 Å². The Hall–Kier alpha value is -4.02. The van der Waals surface area contributed by atoms with Crippen LogP contribution in [0.4, 0.5) is 9.80 Å². The van der Waals surface area contributed by atoms with Crippen LogP contribution in [-0.4, -0.2) is 40.4 Å². The lowest BCUT2D eigenvalue weighted by atomic mass is 9.97. The summed E-state index contributed by atoms with van der Waals surface area (Å²) in [5, 5.41) is 6.20. The number of hydrogen-bond donors (Lipinski definition) is 2. The van der Waals surface area contributed by atoms with Gasteiger partial charge in [-0.05, 0) is 49.9 Å². The average molecular weight is 548 g/mol. The smallest absolute Gasteiger partial charge is 0.412 e. The number of carbonyl (C=O) groups excluding carboxylic acids is 4. The van der Waals surface area contributed by atoms with Crippen molar-refractivity contribution in [2.45, 2.75) is 58.5 Å². The van der Waals surface area contributed by atoms with E-state index >= 15 is 0 Å². The number of nitrogens with zero attached hydrogens (tertiary/aromatic N) is 1. The van der Waals surface area contributed by atoms with Crippen molar-refractivity contribution >= 4 is 40.2 Å². The third kappa shape index (κ3) is 5.71. The largest absolute Gasteiger partial charge is 0.456 e. The van der Waals surface area contributed by atoms with Crippen molar-refractivity contribution in [3.8, 4) is 0 Å². The van der Waals surface area contributed by atoms with E-state index < -0.39 is 23.7 Å². The molecule has 0 spiro atoms. The highest BCUT2D eigenvalue weighted by atomic mass is 32.1. The minimum absolute atomic E-state index is 0.0733. The molecule has 202 valence electrons. The quantitative estimate of drug-likeness (QED) is 0.353. The first-order valence-electron chi connectivity index (χ1n) is 12.6. The van der Waals surface area contributed by atoms with Gasteiger partial charge in [-0.25, -0.2) is 9.59 Å². The molecular formula is C29H29N3O6S. The number of thiophene rings is 1. The number of anilines is 1. The van der Waals surface area contributed by atoms with Gasteiger partial charge in [0, 0.05) is 17.0 Å². The van der Waals surface area contributed by atoms with Gasteiger partial charge in [-0.2, -0.15) is 0 Å². The SMILES string of the molecule is CC(C)(C)OC(=O)c1c(NC(=O)OCc2ccccc2)sc2c1CC(C(=O)N1Cc3ccccc3C1=O)NC2. The molecule has 3 heterocycles. The summed E-state index contributed by atoms with van der Waals surface area (Å²) in [4.78, 5) is 54.4. The highest BCUT2D eigenvalue weighted by Crippen LogP contribution is 2.38. The Morgan fingerprint density at radius 2 is 1.79 bits per heavy atom. The van der Waals surface area contributed by atoms with Crippen LogP contribution >= 0.6 is 11.3 Å². The van der Waals surface area contributed by atoms with Gasteiger partial charge in [0.1, 0.15) is 17.2 Å². The maximum Gasteiger partial charge on any atom is 0.412 e. The molecule has 9 nitrogen and oxygen atoms in total. The first-order chi connectivity index (χ1) is 18.6. The first-order valence-corrected chi connectivity index (χ1v) is 13.4. The fourth-order valence-electron chi connectivity index (χ4n) is 4.64.